The van der Waals surface area contributed by atoms with Gasteiger partial charge in [0.05, 0.1) is 12.2 Å². The number of anilines is 1. The van der Waals surface area contributed by atoms with Gasteiger partial charge in [0, 0.05) is 24.5 Å². The fourth-order valence-electron chi connectivity index (χ4n) is 1.83. The number of nitrogens with one attached hydrogen (secondary N) is 1. The second kappa shape index (κ2) is 4.93. The quantitative estimate of drug-likeness (QED) is 0.773. The van der Waals surface area contributed by atoms with Gasteiger partial charge in [-0.2, -0.15) is 5.10 Å². The maximum Gasteiger partial charge on any atom is 0.247 e. The van der Waals surface area contributed by atoms with Gasteiger partial charge < -0.3 is 9.73 Å². The SMILES string of the molecule is Cn1nccc1CNc1cccc(-c2nnco2)c1. The van der Waals surface area contributed by atoms with Crippen LogP contribution >= 0.6 is 0 Å². The zero-order valence-electron chi connectivity index (χ0n) is 10.4. The average molecular weight is 255 g/mol. The van der Waals surface area contributed by atoms with Crippen molar-refractivity contribution in [3.8, 4) is 11.5 Å². The number of benzene rings is 1. The van der Waals surface area contributed by atoms with Gasteiger partial charge in [-0.05, 0) is 24.3 Å². The van der Waals surface area contributed by atoms with Gasteiger partial charge in [0.15, 0.2) is 0 Å². The molecule has 0 amide bonds. The number of aromatic nitrogens is 4. The number of aryl methyl sites for hydroxylation is 1. The molecule has 3 aromatic rings. The van der Waals surface area contributed by atoms with Crippen molar-refractivity contribution in [3.63, 3.8) is 0 Å². The predicted molar refractivity (Wildman–Crippen MR) is 70.3 cm³/mol. The van der Waals surface area contributed by atoms with E-state index >= 15 is 0 Å². The summed E-state index contributed by atoms with van der Waals surface area (Å²) in [6.45, 7) is 0.712. The van der Waals surface area contributed by atoms with E-state index in [1.54, 1.807) is 6.20 Å². The van der Waals surface area contributed by atoms with Crippen molar-refractivity contribution < 1.29 is 4.42 Å². The van der Waals surface area contributed by atoms with Crippen LogP contribution in [0.25, 0.3) is 11.5 Å². The molecule has 0 spiro atoms. The zero-order valence-corrected chi connectivity index (χ0v) is 10.4. The van der Waals surface area contributed by atoms with Crippen molar-refractivity contribution in [2.75, 3.05) is 5.32 Å². The Bertz CT molecular complexity index is 659. The molecular weight excluding hydrogens is 242 g/mol. The molecule has 1 N–H and O–H groups in total. The molecule has 0 saturated carbocycles. The molecule has 0 aliphatic heterocycles. The smallest absolute Gasteiger partial charge is 0.247 e. The number of hydrogen-bond acceptors (Lipinski definition) is 5. The Morgan fingerprint density at radius 2 is 2.26 bits per heavy atom. The highest BCUT2D eigenvalue weighted by Crippen LogP contribution is 2.20. The monoisotopic (exact) mass is 255 g/mol. The molecule has 6 nitrogen and oxygen atoms in total. The normalized spacial score (nSPS) is 10.6. The van der Waals surface area contributed by atoms with E-state index in [0.29, 0.717) is 12.4 Å². The van der Waals surface area contributed by atoms with Crippen LogP contribution < -0.4 is 5.32 Å². The summed E-state index contributed by atoms with van der Waals surface area (Å²) in [4.78, 5) is 0. The van der Waals surface area contributed by atoms with E-state index in [-0.39, 0.29) is 0 Å². The fourth-order valence-corrected chi connectivity index (χ4v) is 1.83. The minimum Gasteiger partial charge on any atom is -0.423 e. The predicted octanol–water partition coefficient (Wildman–Crippen LogP) is 2.08. The Hall–Kier alpha value is -2.63. The van der Waals surface area contributed by atoms with Gasteiger partial charge in [-0.1, -0.05) is 6.07 Å². The number of rotatable bonds is 4. The van der Waals surface area contributed by atoms with E-state index in [1.807, 2.05) is 42.1 Å². The van der Waals surface area contributed by atoms with Crippen LogP contribution in [-0.2, 0) is 13.6 Å². The van der Waals surface area contributed by atoms with E-state index in [0.717, 1.165) is 16.9 Å². The van der Waals surface area contributed by atoms with Crippen LogP contribution in [0.3, 0.4) is 0 Å². The van der Waals surface area contributed by atoms with Crippen LogP contribution in [0.5, 0.6) is 0 Å². The first kappa shape index (κ1) is 11.5. The Morgan fingerprint density at radius 3 is 3.00 bits per heavy atom. The Balaban J connectivity index is 1.75. The van der Waals surface area contributed by atoms with Gasteiger partial charge >= 0.3 is 0 Å². The van der Waals surface area contributed by atoms with Crippen molar-refractivity contribution >= 4 is 5.69 Å². The summed E-state index contributed by atoms with van der Waals surface area (Å²) in [6, 6.07) is 9.84. The zero-order chi connectivity index (χ0) is 13.1. The standard InChI is InChI=1S/C13H13N5O/c1-18-12(5-6-16-18)8-14-11-4-2-3-10(7-11)13-17-15-9-19-13/h2-7,9,14H,8H2,1H3. The summed E-state index contributed by atoms with van der Waals surface area (Å²) in [5, 5.41) is 15.0. The topological polar surface area (TPSA) is 68.8 Å². The molecule has 19 heavy (non-hydrogen) atoms. The van der Waals surface area contributed by atoms with Crippen LogP contribution in [0, 0.1) is 0 Å². The number of hydrogen-bond donors (Lipinski definition) is 1. The fraction of sp³-hybridized carbons (Fsp3) is 0.154. The average Bonchev–Trinajstić information content (AvgIpc) is 3.08. The third kappa shape index (κ3) is 2.47. The van der Waals surface area contributed by atoms with Crippen molar-refractivity contribution in [1.82, 2.24) is 20.0 Å². The van der Waals surface area contributed by atoms with Crippen LogP contribution in [0.2, 0.25) is 0 Å². The van der Waals surface area contributed by atoms with E-state index in [9.17, 15) is 0 Å². The number of nitrogens with zero attached hydrogens (tertiary/aromatic N) is 4. The third-order valence-electron chi connectivity index (χ3n) is 2.87. The van der Waals surface area contributed by atoms with Gasteiger partial charge in [-0.3, -0.25) is 4.68 Å². The first-order valence-corrected chi connectivity index (χ1v) is 5.90. The summed E-state index contributed by atoms with van der Waals surface area (Å²) in [6.07, 6.45) is 3.11. The van der Waals surface area contributed by atoms with Crippen molar-refractivity contribution in [2.45, 2.75) is 6.54 Å². The molecule has 6 heteroatoms. The molecule has 0 saturated heterocycles. The van der Waals surface area contributed by atoms with Crippen LogP contribution in [0.4, 0.5) is 5.69 Å². The highest BCUT2D eigenvalue weighted by Gasteiger charge is 2.04. The van der Waals surface area contributed by atoms with E-state index in [1.165, 1.54) is 6.39 Å². The third-order valence-corrected chi connectivity index (χ3v) is 2.87. The Morgan fingerprint density at radius 1 is 1.32 bits per heavy atom. The highest BCUT2D eigenvalue weighted by molar-refractivity contribution is 5.60. The summed E-state index contributed by atoms with van der Waals surface area (Å²) < 4.78 is 7.02. The molecule has 96 valence electrons. The summed E-state index contributed by atoms with van der Waals surface area (Å²) >= 11 is 0. The maximum absolute atomic E-state index is 5.18. The Kier molecular flexibility index (Phi) is 2.97. The van der Waals surface area contributed by atoms with E-state index in [4.69, 9.17) is 4.42 Å². The lowest BCUT2D eigenvalue weighted by atomic mass is 10.2. The molecule has 0 radical (unpaired) electrons. The molecule has 2 heterocycles. The second-order valence-electron chi connectivity index (χ2n) is 4.12. The van der Waals surface area contributed by atoms with Gasteiger partial charge in [0.2, 0.25) is 12.3 Å². The first-order chi connectivity index (χ1) is 9.33. The molecule has 0 fully saturated rings. The Labute approximate surface area is 110 Å². The van der Waals surface area contributed by atoms with E-state index in [2.05, 4.69) is 20.6 Å². The van der Waals surface area contributed by atoms with Gasteiger partial charge in [-0.25, -0.2) is 0 Å². The van der Waals surface area contributed by atoms with Gasteiger partial charge in [-0.15, -0.1) is 10.2 Å². The van der Waals surface area contributed by atoms with Gasteiger partial charge in [0.25, 0.3) is 0 Å². The summed E-state index contributed by atoms with van der Waals surface area (Å²) in [5.41, 5.74) is 3.01. The summed E-state index contributed by atoms with van der Waals surface area (Å²) in [5.74, 6) is 0.518. The van der Waals surface area contributed by atoms with Crippen molar-refractivity contribution in [2.24, 2.45) is 7.05 Å². The van der Waals surface area contributed by atoms with E-state index < -0.39 is 0 Å². The second-order valence-corrected chi connectivity index (χ2v) is 4.12. The van der Waals surface area contributed by atoms with Crippen molar-refractivity contribution in [3.05, 3.63) is 48.6 Å². The molecule has 0 aliphatic rings. The largest absolute Gasteiger partial charge is 0.423 e. The lowest BCUT2D eigenvalue weighted by Crippen LogP contribution is -2.05. The molecule has 2 aromatic heterocycles. The molecule has 0 aliphatic carbocycles. The van der Waals surface area contributed by atoms with Gasteiger partial charge in [0.1, 0.15) is 0 Å². The molecule has 0 bridgehead atoms. The molecular formula is C13H13N5O. The molecule has 1 aromatic carbocycles. The maximum atomic E-state index is 5.18. The minimum atomic E-state index is 0.518. The minimum absolute atomic E-state index is 0.518. The molecule has 0 unspecified atom stereocenters. The van der Waals surface area contributed by atoms with Crippen LogP contribution in [0.1, 0.15) is 5.69 Å². The lowest BCUT2D eigenvalue weighted by Gasteiger charge is -2.07. The molecule has 0 atom stereocenters. The highest BCUT2D eigenvalue weighted by atomic mass is 16.4. The molecule has 3 rings (SSSR count). The van der Waals surface area contributed by atoms with Crippen LogP contribution in [0.15, 0.2) is 47.3 Å². The van der Waals surface area contributed by atoms with Crippen LogP contribution in [-0.4, -0.2) is 20.0 Å². The summed E-state index contributed by atoms with van der Waals surface area (Å²) in [7, 11) is 1.92. The lowest BCUT2D eigenvalue weighted by molar-refractivity contribution is 0.568. The van der Waals surface area contributed by atoms with Crippen molar-refractivity contribution in [1.29, 1.82) is 0 Å². The first-order valence-electron chi connectivity index (χ1n) is 5.90.